The molecule has 0 N–H and O–H groups in total. The van der Waals surface area contributed by atoms with Crippen LogP contribution in [0.5, 0.6) is 0 Å². The van der Waals surface area contributed by atoms with E-state index in [4.69, 9.17) is 0 Å². The smallest absolute Gasteiger partial charge is 0.0766 e. The highest BCUT2D eigenvalue weighted by atomic mass is 16.5. The molecule has 0 amide bonds. The fourth-order valence-corrected chi connectivity index (χ4v) is 1.51. The minimum atomic E-state index is 0.903. The topological polar surface area (TPSA) is 9.23 Å². The molecule has 0 atom stereocenters. The first-order valence-corrected chi connectivity index (χ1v) is 6.82. The third-order valence-corrected chi connectivity index (χ3v) is 2.55. The summed E-state index contributed by atoms with van der Waals surface area (Å²) in [7, 11) is 1.56. The van der Waals surface area contributed by atoms with Gasteiger partial charge in [0.25, 0.3) is 0 Å². The monoisotopic (exact) mass is 228 g/mol. The Morgan fingerprint density at radius 1 is 1.00 bits per heavy atom. The predicted molar refractivity (Wildman–Crippen MR) is 74.7 cm³/mol. The molecule has 0 aromatic carbocycles. The predicted octanol–water partition coefficient (Wildman–Crippen LogP) is 5.56. The van der Waals surface area contributed by atoms with Crippen molar-refractivity contribution in [1.29, 1.82) is 0 Å². The van der Waals surface area contributed by atoms with Crippen LogP contribution in [-0.4, -0.2) is 7.11 Å². The Hall–Kier alpha value is -0.460. The number of ether oxygens (including phenoxy) is 1. The third kappa shape index (κ3) is 23.4. The van der Waals surface area contributed by atoms with Crippen molar-refractivity contribution in [2.75, 3.05) is 7.11 Å². The Kier molecular flexibility index (Phi) is 19.0. The van der Waals surface area contributed by atoms with Gasteiger partial charge < -0.3 is 4.74 Å². The van der Waals surface area contributed by atoms with E-state index < -0.39 is 0 Å². The Labute approximate surface area is 103 Å². The fraction of sp³-hybridized carbons (Fsp3) is 0.867. The van der Waals surface area contributed by atoms with Crippen molar-refractivity contribution < 1.29 is 4.74 Å². The highest BCUT2D eigenvalue weighted by molar-refractivity contribution is 4.48. The Morgan fingerprint density at radius 2 is 1.44 bits per heavy atom. The van der Waals surface area contributed by atoms with E-state index in [9.17, 15) is 0 Å². The van der Waals surface area contributed by atoms with Gasteiger partial charge in [-0.05, 0) is 5.92 Å². The fourth-order valence-electron chi connectivity index (χ4n) is 1.51. The van der Waals surface area contributed by atoms with Crippen molar-refractivity contribution in [1.82, 2.24) is 0 Å². The summed E-state index contributed by atoms with van der Waals surface area (Å²) < 4.78 is 4.31. The van der Waals surface area contributed by atoms with Crippen molar-refractivity contribution in [3.63, 3.8) is 0 Å². The Morgan fingerprint density at radius 3 is 1.81 bits per heavy atom. The summed E-state index contributed by atoms with van der Waals surface area (Å²) in [4.78, 5) is 0. The SMILES string of the molecule is C=COC.CCCCCCCCCC(C)C. The summed E-state index contributed by atoms with van der Waals surface area (Å²) in [6.45, 7) is 10.2. The molecule has 1 heteroatoms. The molecule has 0 aliphatic heterocycles. The van der Waals surface area contributed by atoms with Gasteiger partial charge in [0.1, 0.15) is 0 Å². The van der Waals surface area contributed by atoms with Crippen molar-refractivity contribution >= 4 is 0 Å². The summed E-state index contributed by atoms with van der Waals surface area (Å²) in [6, 6.07) is 0. The van der Waals surface area contributed by atoms with Crippen LogP contribution in [0.3, 0.4) is 0 Å². The molecule has 0 spiro atoms. The van der Waals surface area contributed by atoms with Gasteiger partial charge in [-0.2, -0.15) is 0 Å². The van der Waals surface area contributed by atoms with E-state index >= 15 is 0 Å². The maximum Gasteiger partial charge on any atom is 0.0766 e. The van der Waals surface area contributed by atoms with Crippen molar-refractivity contribution in [3.8, 4) is 0 Å². The van der Waals surface area contributed by atoms with Gasteiger partial charge in [-0.15, -0.1) is 0 Å². The lowest BCUT2D eigenvalue weighted by atomic mass is 10.0. The van der Waals surface area contributed by atoms with E-state index in [1.165, 1.54) is 57.6 Å². The van der Waals surface area contributed by atoms with Crippen LogP contribution in [-0.2, 0) is 4.74 Å². The Balaban J connectivity index is 0. The molecule has 0 saturated carbocycles. The zero-order chi connectivity index (χ0) is 12.6. The van der Waals surface area contributed by atoms with Crippen LogP contribution in [0, 0.1) is 5.92 Å². The second kappa shape index (κ2) is 17.0. The van der Waals surface area contributed by atoms with Crippen LogP contribution in [0.4, 0.5) is 0 Å². The van der Waals surface area contributed by atoms with Crippen LogP contribution in [0.1, 0.15) is 72.1 Å². The Bertz CT molecular complexity index is 119. The number of hydrogen-bond acceptors (Lipinski definition) is 1. The van der Waals surface area contributed by atoms with Crippen molar-refractivity contribution in [2.45, 2.75) is 72.1 Å². The molecule has 98 valence electrons. The minimum Gasteiger partial charge on any atom is -0.505 e. The summed E-state index contributed by atoms with van der Waals surface area (Å²) in [6.07, 6.45) is 12.9. The van der Waals surface area contributed by atoms with Gasteiger partial charge in [0.2, 0.25) is 0 Å². The highest BCUT2D eigenvalue weighted by Crippen LogP contribution is 2.11. The van der Waals surface area contributed by atoms with Gasteiger partial charge >= 0.3 is 0 Å². The largest absolute Gasteiger partial charge is 0.505 e. The molecule has 0 unspecified atom stereocenters. The summed E-state index contributed by atoms with van der Waals surface area (Å²) in [5.41, 5.74) is 0. The van der Waals surface area contributed by atoms with E-state index in [-0.39, 0.29) is 0 Å². The number of hydrogen-bond donors (Lipinski definition) is 0. The quantitative estimate of drug-likeness (QED) is 0.371. The van der Waals surface area contributed by atoms with E-state index in [2.05, 4.69) is 32.1 Å². The zero-order valence-electron chi connectivity index (χ0n) is 11.9. The van der Waals surface area contributed by atoms with Crippen LogP contribution in [0.2, 0.25) is 0 Å². The second-order valence-corrected chi connectivity index (χ2v) is 4.71. The maximum atomic E-state index is 4.31. The lowest BCUT2D eigenvalue weighted by Crippen LogP contribution is -1.87. The van der Waals surface area contributed by atoms with E-state index in [1.807, 2.05) is 0 Å². The highest BCUT2D eigenvalue weighted by Gasteiger charge is 1.93. The van der Waals surface area contributed by atoms with E-state index in [0.29, 0.717) is 0 Å². The van der Waals surface area contributed by atoms with Gasteiger partial charge in [0.15, 0.2) is 0 Å². The molecule has 0 aromatic rings. The van der Waals surface area contributed by atoms with E-state index in [1.54, 1.807) is 7.11 Å². The first kappa shape index (κ1) is 17.9. The molecule has 0 fully saturated rings. The van der Waals surface area contributed by atoms with E-state index in [0.717, 1.165) is 5.92 Å². The van der Waals surface area contributed by atoms with Gasteiger partial charge in [0, 0.05) is 0 Å². The van der Waals surface area contributed by atoms with Crippen molar-refractivity contribution in [2.24, 2.45) is 5.92 Å². The summed E-state index contributed by atoms with van der Waals surface area (Å²) in [5.74, 6) is 0.903. The van der Waals surface area contributed by atoms with Crippen LogP contribution in [0.15, 0.2) is 12.8 Å². The van der Waals surface area contributed by atoms with Crippen LogP contribution in [0.25, 0.3) is 0 Å². The molecule has 1 nitrogen and oxygen atoms in total. The maximum absolute atomic E-state index is 4.31. The molecule has 0 saturated heterocycles. The average Bonchev–Trinajstić information content (AvgIpc) is 2.28. The van der Waals surface area contributed by atoms with Crippen LogP contribution >= 0.6 is 0 Å². The first-order chi connectivity index (χ1) is 7.68. The molecule has 16 heavy (non-hydrogen) atoms. The molecule has 0 aliphatic carbocycles. The molecule has 0 aliphatic rings. The number of rotatable bonds is 9. The first-order valence-electron chi connectivity index (χ1n) is 6.82. The van der Waals surface area contributed by atoms with Gasteiger partial charge in [-0.1, -0.05) is 78.7 Å². The standard InChI is InChI=1S/C12H26.C3H6O/c1-4-5-6-7-8-9-10-11-12(2)3;1-3-4-2/h12H,4-11H2,1-3H3;3H,1H2,2H3. The minimum absolute atomic E-state index is 0.903. The molecular formula is C15H32O. The normalized spacial score (nSPS) is 9.56. The number of methoxy groups -OCH3 is 1. The average molecular weight is 228 g/mol. The van der Waals surface area contributed by atoms with Gasteiger partial charge in [-0.25, -0.2) is 0 Å². The van der Waals surface area contributed by atoms with Crippen molar-refractivity contribution in [3.05, 3.63) is 12.8 Å². The molecule has 0 radical (unpaired) electrons. The van der Waals surface area contributed by atoms with Crippen LogP contribution < -0.4 is 0 Å². The summed E-state index contributed by atoms with van der Waals surface area (Å²) >= 11 is 0. The number of unbranched alkanes of at least 4 members (excludes halogenated alkanes) is 6. The second-order valence-electron chi connectivity index (χ2n) is 4.71. The summed E-state index contributed by atoms with van der Waals surface area (Å²) in [5, 5.41) is 0. The molecule has 0 heterocycles. The third-order valence-electron chi connectivity index (χ3n) is 2.55. The lowest BCUT2D eigenvalue weighted by molar-refractivity contribution is 0.339. The van der Waals surface area contributed by atoms with Gasteiger partial charge in [-0.3, -0.25) is 0 Å². The molecule has 0 bridgehead atoms. The molecular weight excluding hydrogens is 196 g/mol. The molecule has 0 aromatic heterocycles. The van der Waals surface area contributed by atoms with Gasteiger partial charge in [0.05, 0.1) is 13.4 Å². The molecule has 0 rings (SSSR count). The lowest BCUT2D eigenvalue weighted by Gasteiger charge is -2.03. The zero-order valence-corrected chi connectivity index (χ0v) is 11.9.